The van der Waals surface area contributed by atoms with Crippen LogP contribution in [0.15, 0.2) is 58.5 Å². The van der Waals surface area contributed by atoms with Crippen LogP contribution in [0.1, 0.15) is 35.7 Å². The maximum absolute atomic E-state index is 12.5. The fraction of sp³-hybridized carbons (Fsp3) is 0.263. The first-order valence-electron chi connectivity index (χ1n) is 8.59. The van der Waals surface area contributed by atoms with Gasteiger partial charge in [0.05, 0.1) is 10.6 Å². The Balaban J connectivity index is 1.68. The number of hydrazone groups is 1. The second-order valence-corrected chi connectivity index (χ2v) is 8.65. The molecule has 1 aliphatic rings. The van der Waals surface area contributed by atoms with Gasteiger partial charge in [-0.15, -0.1) is 0 Å². The van der Waals surface area contributed by atoms with Gasteiger partial charge in [0.25, 0.3) is 5.91 Å². The molecule has 8 heteroatoms. The van der Waals surface area contributed by atoms with E-state index in [4.69, 9.17) is 11.6 Å². The molecule has 1 N–H and O–H groups in total. The molecule has 0 bridgehead atoms. The van der Waals surface area contributed by atoms with Gasteiger partial charge in [-0.2, -0.15) is 9.41 Å². The van der Waals surface area contributed by atoms with Crippen molar-refractivity contribution in [2.75, 3.05) is 13.1 Å². The van der Waals surface area contributed by atoms with E-state index in [0.717, 1.165) is 18.4 Å². The van der Waals surface area contributed by atoms with Gasteiger partial charge in [0.2, 0.25) is 10.0 Å². The summed E-state index contributed by atoms with van der Waals surface area (Å²) in [6, 6.07) is 13.0. The van der Waals surface area contributed by atoms with Crippen LogP contribution in [-0.4, -0.2) is 37.4 Å². The van der Waals surface area contributed by atoms with Crippen LogP contribution < -0.4 is 5.43 Å². The molecule has 0 unspecified atom stereocenters. The first kappa shape index (κ1) is 19.5. The number of rotatable bonds is 5. The van der Waals surface area contributed by atoms with Crippen LogP contribution in [-0.2, 0) is 10.0 Å². The SMILES string of the molecule is C/C(=N/NC(=O)c1ccc(S(=O)(=O)N2CCCC2)cc1)c1ccc(Cl)cc1. The molecule has 27 heavy (non-hydrogen) atoms. The predicted molar refractivity (Wildman–Crippen MR) is 106 cm³/mol. The number of hydrogen-bond acceptors (Lipinski definition) is 4. The summed E-state index contributed by atoms with van der Waals surface area (Å²) in [4.78, 5) is 12.4. The third-order valence-corrected chi connectivity index (χ3v) is 6.57. The highest BCUT2D eigenvalue weighted by Gasteiger charge is 2.27. The molecule has 0 saturated carbocycles. The van der Waals surface area contributed by atoms with Crippen molar-refractivity contribution >= 4 is 33.2 Å². The van der Waals surface area contributed by atoms with Crippen molar-refractivity contribution in [3.8, 4) is 0 Å². The minimum Gasteiger partial charge on any atom is -0.267 e. The largest absolute Gasteiger partial charge is 0.271 e. The molecule has 1 amide bonds. The van der Waals surface area contributed by atoms with E-state index >= 15 is 0 Å². The van der Waals surface area contributed by atoms with E-state index in [1.54, 1.807) is 19.1 Å². The van der Waals surface area contributed by atoms with Crippen LogP contribution in [0, 0.1) is 0 Å². The van der Waals surface area contributed by atoms with Crippen molar-refractivity contribution in [1.29, 1.82) is 0 Å². The molecule has 2 aromatic carbocycles. The molecular weight excluding hydrogens is 386 g/mol. The second kappa shape index (κ2) is 8.21. The lowest BCUT2D eigenvalue weighted by Crippen LogP contribution is -2.28. The van der Waals surface area contributed by atoms with Crippen molar-refractivity contribution in [1.82, 2.24) is 9.73 Å². The molecular formula is C19H20ClN3O3S. The first-order chi connectivity index (χ1) is 12.9. The lowest BCUT2D eigenvalue weighted by molar-refractivity contribution is 0.0954. The number of halogens is 1. The summed E-state index contributed by atoms with van der Waals surface area (Å²) < 4.78 is 26.5. The van der Waals surface area contributed by atoms with Crippen LogP contribution >= 0.6 is 11.6 Å². The van der Waals surface area contributed by atoms with Crippen LogP contribution in [0.4, 0.5) is 0 Å². The van der Waals surface area contributed by atoms with Crippen molar-refractivity contribution in [2.45, 2.75) is 24.7 Å². The number of nitrogens with zero attached hydrogens (tertiary/aromatic N) is 2. The van der Waals surface area contributed by atoms with Gasteiger partial charge in [-0.3, -0.25) is 4.79 Å². The summed E-state index contributed by atoms with van der Waals surface area (Å²) in [5, 5.41) is 4.71. The molecule has 0 atom stereocenters. The van der Waals surface area contributed by atoms with E-state index in [1.807, 2.05) is 12.1 Å². The highest BCUT2D eigenvalue weighted by atomic mass is 35.5. The van der Waals surface area contributed by atoms with Crippen LogP contribution in [0.3, 0.4) is 0 Å². The number of benzene rings is 2. The smallest absolute Gasteiger partial charge is 0.267 e. The van der Waals surface area contributed by atoms with E-state index in [1.165, 1.54) is 28.6 Å². The Morgan fingerprint density at radius 1 is 1.00 bits per heavy atom. The molecule has 0 radical (unpaired) electrons. The van der Waals surface area contributed by atoms with Crippen molar-refractivity contribution in [3.63, 3.8) is 0 Å². The lowest BCUT2D eigenvalue weighted by Gasteiger charge is -2.15. The molecule has 1 fully saturated rings. The van der Waals surface area contributed by atoms with Gasteiger partial charge in [0.15, 0.2) is 0 Å². The number of amides is 1. The quantitative estimate of drug-likeness (QED) is 0.612. The van der Waals surface area contributed by atoms with E-state index in [-0.39, 0.29) is 4.90 Å². The van der Waals surface area contributed by atoms with Gasteiger partial charge < -0.3 is 0 Å². The van der Waals surface area contributed by atoms with Gasteiger partial charge in [-0.05, 0) is 61.7 Å². The minimum atomic E-state index is -3.48. The zero-order valence-corrected chi connectivity index (χ0v) is 16.4. The molecule has 142 valence electrons. The van der Waals surface area contributed by atoms with Gasteiger partial charge >= 0.3 is 0 Å². The predicted octanol–water partition coefficient (Wildman–Crippen LogP) is 3.28. The summed E-state index contributed by atoms with van der Waals surface area (Å²) >= 11 is 5.85. The van der Waals surface area contributed by atoms with E-state index in [9.17, 15) is 13.2 Å². The molecule has 1 heterocycles. The first-order valence-corrected chi connectivity index (χ1v) is 10.4. The minimum absolute atomic E-state index is 0.196. The average Bonchev–Trinajstić information content (AvgIpc) is 3.22. The molecule has 6 nitrogen and oxygen atoms in total. The zero-order chi connectivity index (χ0) is 19.4. The standard InChI is InChI=1S/C19H20ClN3O3S/c1-14(15-4-8-17(20)9-5-15)21-22-19(24)16-6-10-18(11-7-16)27(25,26)23-12-2-3-13-23/h4-11H,2-3,12-13H2,1H3,(H,22,24)/b21-14-. The molecule has 1 saturated heterocycles. The third kappa shape index (κ3) is 4.55. The summed E-state index contributed by atoms with van der Waals surface area (Å²) in [5.41, 5.74) is 4.29. The van der Waals surface area contributed by atoms with Crippen LogP contribution in [0.2, 0.25) is 5.02 Å². The lowest BCUT2D eigenvalue weighted by atomic mass is 10.1. The summed E-state index contributed by atoms with van der Waals surface area (Å²) in [5.74, 6) is -0.409. The number of carbonyl (C=O) groups excluding carboxylic acids is 1. The summed E-state index contributed by atoms with van der Waals surface area (Å²) in [6.45, 7) is 2.86. The van der Waals surface area contributed by atoms with E-state index in [0.29, 0.717) is 29.4 Å². The fourth-order valence-electron chi connectivity index (χ4n) is 2.81. The average molecular weight is 406 g/mol. The Bertz CT molecular complexity index is 949. The van der Waals surface area contributed by atoms with Crippen LogP contribution in [0.5, 0.6) is 0 Å². The van der Waals surface area contributed by atoms with Gasteiger partial charge in [-0.1, -0.05) is 23.7 Å². The summed E-state index contributed by atoms with van der Waals surface area (Å²) in [7, 11) is -3.48. The number of carbonyl (C=O) groups is 1. The Kier molecular flexibility index (Phi) is 5.94. The molecule has 2 aromatic rings. The Hall–Kier alpha value is -2.22. The molecule has 0 aliphatic carbocycles. The highest BCUT2D eigenvalue weighted by molar-refractivity contribution is 7.89. The highest BCUT2D eigenvalue weighted by Crippen LogP contribution is 2.21. The zero-order valence-electron chi connectivity index (χ0n) is 14.9. The van der Waals surface area contributed by atoms with Crippen molar-refractivity contribution < 1.29 is 13.2 Å². The second-order valence-electron chi connectivity index (χ2n) is 6.28. The van der Waals surface area contributed by atoms with Crippen molar-refractivity contribution in [2.24, 2.45) is 5.10 Å². The Morgan fingerprint density at radius 3 is 2.15 bits per heavy atom. The Morgan fingerprint density at radius 2 is 1.56 bits per heavy atom. The fourth-order valence-corrected chi connectivity index (χ4v) is 4.45. The maximum Gasteiger partial charge on any atom is 0.271 e. The monoisotopic (exact) mass is 405 g/mol. The normalized spacial score (nSPS) is 15.7. The molecule has 1 aliphatic heterocycles. The number of nitrogens with one attached hydrogen (secondary N) is 1. The third-order valence-electron chi connectivity index (χ3n) is 4.41. The van der Waals surface area contributed by atoms with Gasteiger partial charge in [0, 0.05) is 23.7 Å². The van der Waals surface area contributed by atoms with E-state index < -0.39 is 15.9 Å². The molecule has 0 aromatic heterocycles. The van der Waals surface area contributed by atoms with Crippen molar-refractivity contribution in [3.05, 3.63) is 64.7 Å². The molecule has 3 rings (SSSR count). The summed E-state index contributed by atoms with van der Waals surface area (Å²) in [6.07, 6.45) is 1.76. The van der Waals surface area contributed by atoms with E-state index in [2.05, 4.69) is 10.5 Å². The maximum atomic E-state index is 12.5. The number of hydrogen-bond donors (Lipinski definition) is 1. The molecule has 0 spiro atoms. The topological polar surface area (TPSA) is 78.8 Å². The van der Waals surface area contributed by atoms with Crippen LogP contribution in [0.25, 0.3) is 0 Å². The Labute approximate surface area is 163 Å². The van der Waals surface area contributed by atoms with Gasteiger partial charge in [-0.25, -0.2) is 13.8 Å². The van der Waals surface area contributed by atoms with Gasteiger partial charge in [0.1, 0.15) is 0 Å². The number of sulfonamides is 1.